The van der Waals surface area contributed by atoms with Crippen LogP contribution in [0.5, 0.6) is 0 Å². The van der Waals surface area contributed by atoms with Gasteiger partial charge in [0, 0.05) is 11.4 Å². The Hall–Kier alpha value is -1.66. The highest BCUT2D eigenvalue weighted by Crippen LogP contribution is 2.39. The highest BCUT2D eigenvalue weighted by atomic mass is 32.2. The fourth-order valence-electron chi connectivity index (χ4n) is 3.15. The number of aryl methyl sites for hydroxylation is 2. The molecule has 0 atom stereocenters. The number of halogens is 1. The molecule has 1 N–H and O–H groups in total. The van der Waals surface area contributed by atoms with E-state index in [9.17, 15) is 4.39 Å². The lowest BCUT2D eigenvalue weighted by Gasteiger charge is -2.13. The van der Waals surface area contributed by atoms with Crippen LogP contribution in [0.3, 0.4) is 0 Å². The summed E-state index contributed by atoms with van der Waals surface area (Å²) in [6.07, 6.45) is 6.77. The predicted molar refractivity (Wildman–Crippen MR) is 99.6 cm³/mol. The molecule has 0 unspecified atom stereocenters. The molecule has 0 saturated carbocycles. The molecule has 2 heterocycles. The molecule has 4 rings (SSSR count). The number of anilines is 1. The van der Waals surface area contributed by atoms with Crippen LogP contribution in [0, 0.1) is 5.82 Å². The van der Waals surface area contributed by atoms with Crippen molar-refractivity contribution in [3.63, 3.8) is 0 Å². The lowest BCUT2D eigenvalue weighted by atomic mass is 9.97. The van der Waals surface area contributed by atoms with Gasteiger partial charge in [0.05, 0.1) is 5.39 Å². The lowest BCUT2D eigenvalue weighted by Crippen LogP contribution is -2.05. The molecule has 0 aliphatic heterocycles. The van der Waals surface area contributed by atoms with Crippen LogP contribution in [0.4, 0.5) is 10.2 Å². The normalized spacial score (nSPS) is 13.9. The molecule has 1 aliphatic rings. The topological polar surface area (TPSA) is 37.8 Å². The Morgan fingerprint density at radius 1 is 1.17 bits per heavy atom. The van der Waals surface area contributed by atoms with E-state index in [-0.39, 0.29) is 5.82 Å². The average molecular weight is 359 g/mol. The maximum absolute atomic E-state index is 13.1. The first-order valence-electron chi connectivity index (χ1n) is 8.09. The number of thioether (sulfide) groups is 1. The minimum Gasteiger partial charge on any atom is -0.365 e. The van der Waals surface area contributed by atoms with E-state index in [2.05, 4.69) is 5.32 Å². The first kappa shape index (κ1) is 15.8. The summed E-state index contributed by atoms with van der Waals surface area (Å²) in [6.45, 7) is 0.630. The summed E-state index contributed by atoms with van der Waals surface area (Å²) < 4.78 is 13.1. The van der Waals surface area contributed by atoms with Crippen LogP contribution in [0.1, 0.15) is 28.8 Å². The molecular weight excluding hydrogens is 341 g/mol. The van der Waals surface area contributed by atoms with E-state index in [0.29, 0.717) is 6.54 Å². The molecular formula is C18H18FN3S2. The number of benzene rings is 1. The molecule has 1 aliphatic carbocycles. The van der Waals surface area contributed by atoms with Crippen LogP contribution in [0.2, 0.25) is 0 Å². The minimum absolute atomic E-state index is 0.209. The van der Waals surface area contributed by atoms with E-state index >= 15 is 0 Å². The SMILES string of the molecule is CSc1nc(NCc2ccc(F)cc2)c2c3c(sc2n1)CCCC3. The molecule has 0 fully saturated rings. The third kappa shape index (κ3) is 3.00. The predicted octanol–water partition coefficient (Wildman–Crippen LogP) is 5.04. The zero-order valence-corrected chi connectivity index (χ0v) is 15.1. The second-order valence-corrected chi connectivity index (χ2v) is 7.79. The van der Waals surface area contributed by atoms with Crippen LogP contribution >= 0.6 is 23.1 Å². The molecule has 2 aromatic heterocycles. The molecule has 0 amide bonds. The second kappa shape index (κ2) is 6.69. The van der Waals surface area contributed by atoms with Gasteiger partial charge in [0.15, 0.2) is 5.16 Å². The van der Waals surface area contributed by atoms with Gasteiger partial charge in [0.1, 0.15) is 16.5 Å². The Labute approximate surface area is 148 Å². The third-order valence-electron chi connectivity index (χ3n) is 4.35. The Morgan fingerprint density at radius 3 is 2.75 bits per heavy atom. The van der Waals surface area contributed by atoms with E-state index in [1.165, 1.54) is 40.8 Å². The fourth-order valence-corrected chi connectivity index (χ4v) is 4.83. The van der Waals surface area contributed by atoms with Crippen molar-refractivity contribution < 1.29 is 4.39 Å². The molecule has 3 aromatic rings. The number of hydrogen-bond donors (Lipinski definition) is 1. The summed E-state index contributed by atoms with van der Waals surface area (Å²) in [5.74, 6) is 0.702. The van der Waals surface area contributed by atoms with Crippen molar-refractivity contribution in [1.82, 2.24) is 9.97 Å². The van der Waals surface area contributed by atoms with Gasteiger partial charge in [-0.3, -0.25) is 0 Å². The largest absolute Gasteiger partial charge is 0.365 e. The second-order valence-electron chi connectivity index (χ2n) is 5.93. The summed E-state index contributed by atoms with van der Waals surface area (Å²) >= 11 is 3.38. The van der Waals surface area contributed by atoms with Crippen LogP contribution < -0.4 is 5.32 Å². The summed E-state index contributed by atoms with van der Waals surface area (Å²) in [4.78, 5) is 12.0. The number of aromatic nitrogens is 2. The van der Waals surface area contributed by atoms with Crippen molar-refractivity contribution in [2.45, 2.75) is 37.4 Å². The van der Waals surface area contributed by atoms with Crippen molar-refractivity contribution >= 4 is 39.1 Å². The summed E-state index contributed by atoms with van der Waals surface area (Å²) in [5, 5.41) is 5.44. The molecule has 6 heteroatoms. The fraction of sp³-hybridized carbons (Fsp3) is 0.333. The molecule has 0 saturated heterocycles. The summed E-state index contributed by atoms with van der Waals surface area (Å²) in [5.41, 5.74) is 2.47. The molecule has 124 valence electrons. The van der Waals surface area contributed by atoms with E-state index < -0.39 is 0 Å². The van der Waals surface area contributed by atoms with Gasteiger partial charge in [-0.15, -0.1) is 11.3 Å². The molecule has 0 bridgehead atoms. The van der Waals surface area contributed by atoms with Gasteiger partial charge in [-0.1, -0.05) is 23.9 Å². The molecule has 3 nitrogen and oxygen atoms in total. The number of thiophene rings is 1. The summed E-state index contributed by atoms with van der Waals surface area (Å²) in [7, 11) is 0. The smallest absolute Gasteiger partial charge is 0.190 e. The van der Waals surface area contributed by atoms with Crippen LogP contribution in [-0.2, 0) is 19.4 Å². The molecule has 0 spiro atoms. The number of nitrogens with one attached hydrogen (secondary N) is 1. The maximum Gasteiger partial charge on any atom is 0.190 e. The number of hydrogen-bond acceptors (Lipinski definition) is 5. The van der Waals surface area contributed by atoms with Crippen molar-refractivity contribution in [3.05, 3.63) is 46.1 Å². The number of nitrogens with zero attached hydrogens (tertiary/aromatic N) is 2. The Morgan fingerprint density at radius 2 is 1.96 bits per heavy atom. The van der Waals surface area contributed by atoms with Gasteiger partial charge in [0.2, 0.25) is 0 Å². The highest BCUT2D eigenvalue weighted by Gasteiger charge is 2.21. The first-order valence-corrected chi connectivity index (χ1v) is 10.1. The van der Waals surface area contributed by atoms with Crippen molar-refractivity contribution in [1.29, 1.82) is 0 Å². The quantitative estimate of drug-likeness (QED) is 0.523. The Bertz CT molecular complexity index is 874. The van der Waals surface area contributed by atoms with Gasteiger partial charge >= 0.3 is 0 Å². The molecule has 24 heavy (non-hydrogen) atoms. The van der Waals surface area contributed by atoms with E-state index in [1.54, 1.807) is 23.9 Å². The first-order chi connectivity index (χ1) is 11.7. The zero-order chi connectivity index (χ0) is 16.5. The molecule has 0 radical (unpaired) electrons. The number of rotatable bonds is 4. The van der Waals surface area contributed by atoms with Crippen molar-refractivity contribution in [2.24, 2.45) is 0 Å². The monoisotopic (exact) mass is 359 g/mol. The highest BCUT2D eigenvalue weighted by molar-refractivity contribution is 7.98. The lowest BCUT2D eigenvalue weighted by molar-refractivity contribution is 0.627. The average Bonchev–Trinajstić information content (AvgIpc) is 2.99. The standard InChI is InChI=1S/C18H18FN3S2/c1-23-18-21-16(20-10-11-6-8-12(19)9-7-11)15-13-4-2-3-5-14(13)24-17(15)22-18/h6-9H,2-5,10H2,1H3,(H,20,21,22). The summed E-state index contributed by atoms with van der Waals surface area (Å²) in [6, 6.07) is 6.59. The van der Waals surface area contributed by atoms with Crippen molar-refractivity contribution in [3.8, 4) is 0 Å². The van der Waals surface area contributed by atoms with Gasteiger partial charge in [-0.05, 0) is 55.2 Å². The van der Waals surface area contributed by atoms with Gasteiger partial charge in [0.25, 0.3) is 0 Å². The van der Waals surface area contributed by atoms with E-state index in [0.717, 1.165) is 34.2 Å². The van der Waals surface area contributed by atoms with E-state index in [1.807, 2.05) is 17.6 Å². The number of fused-ring (bicyclic) bond motifs is 3. The Balaban J connectivity index is 1.72. The third-order valence-corrected chi connectivity index (χ3v) is 6.08. The van der Waals surface area contributed by atoms with Crippen LogP contribution in [0.25, 0.3) is 10.2 Å². The van der Waals surface area contributed by atoms with Crippen LogP contribution in [0.15, 0.2) is 29.4 Å². The van der Waals surface area contributed by atoms with Gasteiger partial charge < -0.3 is 5.32 Å². The van der Waals surface area contributed by atoms with Gasteiger partial charge in [-0.2, -0.15) is 0 Å². The van der Waals surface area contributed by atoms with E-state index in [4.69, 9.17) is 9.97 Å². The zero-order valence-electron chi connectivity index (χ0n) is 13.4. The molecule has 1 aromatic carbocycles. The van der Waals surface area contributed by atoms with Crippen molar-refractivity contribution in [2.75, 3.05) is 11.6 Å². The Kier molecular flexibility index (Phi) is 4.41. The van der Waals surface area contributed by atoms with Gasteiger partial charge in [-0.25, -0.2) is 14.4 Å². The van der Waals surface area contributed by atoms with Crippen LogP contribution in [-0.4, -0.2) is 16.2 Å². The minimum atomic E-state index is -0.209. The maximum atomic E-state index is 13.1.